The van der Waals surface area contributed by atoms with Crippen molar-refractivity contribution in [1.29, 1.82) is 0 Å². The van der Waals surface area contributed by atoms with E-state index in [9.17, 15) is 9.59 Å². The fraction of sp³-hybridized carbons (Fsp3) is 0.286. The van der Waals surface area contributed by atoms with E-state index in [0.717, 1.165) is 0 Å². The van der Waals surface area contributed by atoms with Gasteiger partial charge in [-0.25, -0.2) is 9.59 Å². The van der Waals surface area contributed by atoms with E-state index in [4.69, 9.17) is 8.83 Å². The molecule has 2 aromatic heterocycles. The minimum absolute atomic E-state index is 0.108. The van der Waals surface area contributed by atoms with E-state index in [1.54, 1.807) is 26.0 Å². The molecule has 0 saturated carbocycles. The summed E-state index contributed by atoms with van der Waals surface area (Å²) in [5, 5.41) is 0. The lowest BCUT2D eigenvalue weighted by Crippen LogP contribution is -2.00. The minimum atomic E-state index is -0.565. The second-order valence-electron chi connectivity index (χ2n) is 4.23. The van der Waals surface area contributed by atoms with Crippen LogP contribution in [0.3, 0.4) is 0 Å². The van der Waals surface area contributed by atoms with E-state index in [1.165, 1.54) is 14.2 Å². The van der Waals surface area contributed by atoms with Gasteiger partial charge in [0, 0.05) is 11.1 Å². The highest BCUT2D eigenvalue weighted by atomic mass is 16.5. The standard InChI is InChI=1S/C14H14O6/c1-7-5-9(19-11(7)13(15)17-3)10-6-8(2)12(20-10)14(16)18-4/h5-6H,1-4H3. The van der Waals surface area contributed by atoms with Gasteiger partial charge in [-0.1, -0.05) is 0 Å². The number of esters is 2. The van der Waals surface area contributed by atoms with Crippen LogP contribution < -0.4 is 0 Å². The Kier molecular flexibility index (Phi) is 3.65. The van der Waals surface area contributed by atoms with Crippen molar-refractivity contribution in [2.45, 2.75) is 13.8 Å². The third-order valence-electron chi connectivity index (χ3n) is 2.82. The molecule has 0 N–H and O–H groups in total. The number of aryl methyl sites for hydroxylation is 2. The van der Waals surface area contributed by atoms with Crippen LogP contribution in [0.1, 0.15) is 32.2 Å². The number of hydrogen-bond acceptors (Lipinski definition) is 6. The van der Waals surface area contributed by atoms with Crippen LogP contribution in [0.15, 0.2) is 21.0 Å². The zero-order valence-corrected chi connectivity index (χ0v) is 11.6. The molecule has 0 unspecified atom stereocenters. The molecule has 6 nitrogen and oxygen atoms in total. The number of carbonyl (C=O) groups is 2. The van der Waals surface area contributed by atoms with Gasteiger partial charge in [-0.2, -0.15) is 0 Å². The Labute approximate surface area is 115 Å². The van der Waals surface area contributed by atoms with E-state index in [1.807, 2.05) is 0 Å². The van der Waals surface area contributed by atoms with Crippen molar-refractivity contribution < 1.29 is 27.9 Å². The van der Waals surface area contributed by atoms with Gasteiger partial charge in [-0.05, 0) is 26.0 Å². The molecule has 0 amide bonds. The van der Waals surface area contributed by atoms with Gasteiger partial charge in [-0.3, -0.25) is 0 Å². The maximum atomic E-state index is 11.5. The fourth-order valence-corrected chi connectivity index (χ4v) is 1.80. The van der Waals surface area contributed by atoms with Crippen molar-refractivity contribution in [3.05, 3.63) is 34.8 Å². The molecule has 20 heavy (non-hydrogen) atoms. The SMILES string of the molecule is COC(=O)c1oc(-c2cc(C)c(C(=O)OC)o2)cc1C. The Morgan fingerprint density at radius 1 is 0.850 bits per heavy atom. The summed E-state index contributed by atoms with van der Waals surface area (Å²) >= 11 is 0. The third kappa shape index (κ3) is 2.32. The number of furan rings is 2. The Morgan fingerprint density at radius 3 is 1.50 bits per heavy atom. The van der Waals surface area contributed by atoms with Crippen LogP contribution in [0.25, 0.3) is 11.5 Å². The van der Waals surface area contributed by atoms with Gasteiger partial charge in [0.1, 0.15) is 0 Å². The normalized spacial score (nSPS) is 10.4. The van der Waals surface area contributed by atoms with E-state index in [-0.39, 0.29) is 11.5 Å². The summed E-state index contributed by atoms with van der Waals surface area (Å²) in [4.78, 5) is 23.0. The molecule has 0 aliphatic rings. The molecule has 0 aliphatic heterocycles. The molecule has 106 valence electrons. The van der Waals surface area contributed by atoms with Gasteiger partial charge in [0.05, 0.1) is 14.2 Å². The molecule has 0 atom stereocenters. The molecular formula is C14H14O6. The molecule has 2 rings (SSSR count). The van der Waals surface area contributed by atoms with Gasteiger partial charge in [0.25, 0.3) is 0 Å². The predicted octanol–water partition coefficient (Wildman–Crippen LogP) is 2.73. The topological polar surface area (TPSA) is 78.9 Å². The van der Waals surface area contributed by atoms with Crippen molar-refractivity contribution in [2.24, 2.45) is 0 Å². The highest BCUT2D eigenvalue weighted by Crippen LogP contribution is 2.29. The lowest BCUT2D eigenvalue weighted by atomic mass is 10.2. The number of carbonyl (C=O) groups excluding carboxylic acids is 2. The van der Waals surface area contributed by atoms with Gasteiger partial charge in [0.15, 0.2) is 11.5 Å². The average molecular weight is 278 g/mol. The fourth-order valence-electron chi connectivity index (χ4n) is 1.80. The second-order valence-corrected chi connectivity index (χ2v) is 4.23. The highest BCUT2D eigenvalue weighted by molar-refractivity contribution is 5.90. The van der Waals surface area contributed by atoms with Crippen LogP contribution >= 0.6 is 0 Å². The number of rotatable bonds is 3. The Balaban J connectivity index is 2.43. The smallest absolute Gasteiger partial charge is 0.374 e. The van der Waals surface area contributed by atoms with Crippen LogP contribution in [0.4, 0.5) is 0 Å². The van der Waals surface area contributed by atoms with Crippen LogP contribution in [0, 0.1) is 13.8 Å². The van der Waals surface area contributed by atoms with E-state index in [0.29, 0.717) is 22.6 Å². The summed E-state index contributed by atoms with van der Waals surface area (Å²) in [5.41, 5.74) is 1.25. The van der Waals surface area contributed by atoms with E-state index >= 15 is 0 Å². The first-order valence-electron chi connectivity index (χ1n) is 5.85. The Morgan fingerprint density at radius 2 is 1.20 bits per heavy atom. The maximum absolute atomic E-state index is 11.5. The van der Waals surface area contributed by atoms with Crippen LogP contribution in [-0.4, -0.2) is 26.2 Å². The number of hydrogen-bond donors (Lipinski definition) is 0. The van der Waals surface area contributed by atoms with Crippen molar-refractivity contribution in [1.82, 2.24) is 0 Å². The molecule has 2 heterocycles. The monoisotopic (exact) mass is 278 g/mol. The van der Waals surface area contributed by atoms with Crippen LogP contribution in [-0.2, 0) is 9.47 Å². The Bertz CT molecular complexity index is 603. The number of ether oxygens (including phenoxy) is 2. The average Bonchev–Trinajstić information content (AvgIpc) is 3.00. The molecule has 0 radical (unpaired) electrons. The molecule has 0 spiro atoms. The molecule has 0 aliphatic carbocycles. The zero-order valence-electron chi connectivity index (χ0n) is 11.6. The van der Waals surface area contributed by atoms with Crippen LogP contribution in [0.2, 0.25) is 0 Å². The molecule has 0 bridgehead atoms. The lowest BCUT2D eigenvalue weighted by molar-refractivity contribution is 0.0553. The number of methoxy groups -OCH3 is 2. The molecule has 2 aromatic rings. The van der Waals surface area contributed by atoms with Gasteiger partial charge >= 0.3 is 11.9 Å². The van der Waals surface area contributed by atoms with E-state index < -0.39 is 11.9 Å². The maximum Gasteiger partial charge on any atom is 0.374 e. The van der Waals surface area contributed by atoms with Crippen LogP contribution in [0.5, 0.6) is 0 Å². The first kappa shape index (κ1) is 13.9. The summed E-state index contributed by atoms with van der Waals surface area (Å²) in [6.45, 7) is 3.44. The summed E-state index contributed by atoms with van der Waals surface area (Å²) in [6, 6.07) is 3.29. The largest absolute Gasteiger partial charge is 0.463 e. The highest BCUT2D eigenvalue weighted by Gasteiger charge is 2.22. The van der Waals surface area contributed by atoms with Crippen molar-refractivity contribution in [2.75, 3.05) is 14.2 Å². The zero-order chi connectivity index (χ0) is 14.9. The van der Waals surface area contributed by atoms with Crippen molar-refractivity contribution >= 4 is 11.9 Å². The summed E-state index contributed by atoms with van der Waals surface area (Å²) in [7, 11) is 2.55. The first-order valence-corrected chi connectivity index (χ1v) is 5.85. The first-order chi connectivity index (χ1) is 9.47. The molecule has 0 fully saturated rings. The van der Waals surface area contributed by atoms with E-state index in [2.05, 4.69) is 9.47 Å². The predicted molar refractivity (Wildman–Crippen MR) is 68.6 cm³/mol. The molecule has 6 heteroatoms. The summed E-state index contributed by atoms with van der Waals surface area (Å²) in [5.74, 6) is -0.218. The van der Waals surface area contributed by atoms with Gasteiger partial charge < -0.3 is 18.3 Å². The Hall–Kier alpha value is -2.50. The minimum Gasteiger partial charge on any atom is -0.463 e. The lowest BCUT2D eigenvalue weighted by Gasteiger charge is -1.95. The molecular weight excluding hydrogens is 264 g/mol. The summed E-state index contributed by atoms with van der Waals surface area (Å²) in [6.07, 6.45) is 0. The van der Waals surface area contributed by atoms with Crippen molar-refractivity contribution in [3.63, 3.8) is 0 Å². The van der Waals surface area contributed by atoms with Gasteiger partial charge in [0.2, 0.25) is 11.5 Å². The quantitative estimate of drug-likeness (QED) is 0.803. The molecule has 0 saturated heterocycles. The summed E-state index contributed by atoms with van der Waals surface area (Å²) < 4.78 is 20.1. The molecule has 0 aromatic carbocycles. The van der Waals surface area contributed by atoms with Crippen molar-refractivity contribution in [3.8, 4) is 11.5 Å². The van der Waals surface area contributed by atoms with Gasteiger partial charge in [-0.15, -0.1) is 0 Å². The second kappa shape index (κ2) is 5.24. The third-order valence-corrected chi connectivity index (χ3v) is 2.82.